The Morgan fingerprint density at radius 2 is 2.13 bits per heavy atom. The first-order valence-corrected chi connectivity index (χ1v) is 10.6. The highest BCUT2D eigenvalue weighted by molar-refractivity contribution is 6.36. The maximum absolute atomic E-state index is 10.3. The summed E-state index contributed by atoms with van der Waals surface area (Å²) in [6.07, 6.45) is 19.6. The van der Waals surface area contributed by atoms with Crippen LogP contribution in [0.1, 0.15) is 44.8 Å². The lowest BCUT2D eigenvalue weighted by Gasteiger charge is -2.13. The molecule has 1 fully saturated rings. The van der Waals surface area contributed by atoms with Gasteiger partial charge in [0.15, 0.2) is 11.6 Å². The second-order valence-electron chi connectivity index (χ2n) is 7.63. The first-order chi connectivity index (χ1) is 15.0. The van der Waals surface area contributed by atoms with E-state index in [2.05, 4.69) is 34.4 Å². The van der Waals surface area contributed by atoms with Crippen molar-refractivity contribution in [2.24, 2.45) is 5.41 Å². The first kappa shape index (κ1) is 22.7. The lowest BCUT2D eigenvalue weighted by Crippen LogP contribution is -2.09. The van der Waals surface area contributed by atoms with E-state index in [1.165, 1.54) is 25.5 Å². The SMILES string of the molecule is C\C=C(/C(Cl)=C\C=C\CNC=O)c1nc(OC)nc(C2=CC=CCC(C3(C)CC3)=C2)n1. The van der Waals surface area contributed by atoms with Gasteiger partial charge in [0, 0.05) is 17.7 Å². The molecule has 0 atom stereocenters. The van der Waals surface area contributed by atoms with Crippen molar-refractivity contribution in [3.05, 3.63) is 70.9 Å². The number of methoxy groups -OCH3 is 1. The molecule has 1 saturated carbocycles. The fourth-order valence-corrected chi connectivity index (χ4v) is 3.49. The van der Waals surface area contributed by atoms with Crippen LogP contribution in [0.15, 0.2) is 59.2 Å². The number of carbonyl (C=O) groups is 1. The van der Waals surface area contributed by atoms with E-state index >= 15 is 0 Å². The van der Waals surface area contributed by atoms with E-state index < -0.39 is 0 Å². The fourth-order valence-electron chi connectivity index (χ4n) is 3.23. The minimum absolute atomic E-state index is 0.233. The summed E-state index contributed by atoms with van der Waals surface area (Å²) in [5.74, 6) is 0.983. The molecule has 0 radical (unpaired) electrons. The molecule has 0 spiro atoms. The van der Waals surface area contributed by atoms with Crippen molar-refractivity contribution >= 4 is 29.2 Å². The standard InChI is InChI=1S/C24H27ClN4O2/c1-4-19(20(25)11-7-8-14-26-16-30)22-27-21(28-23(29-22)31-3)17-9-5-6-10-18(15-17)24(2)12-13-24/h4-9,11,15-16H,10,12-14H2,1-3H3,(H,26,30)/b8-7+,19-4+,20-11+. The second-order valence-corrected chi connectivity index (χ2v) is 8.03. The molecule has 162 valence electrons. The molecule has 1 amide bonds. The van der Waals surface area contributed by atoms with Gasteiger partial charge in [-0.25, -0.2) is 4.98 Å². The Kier molecular flexibility index (Phi) is 7.58. The third kappa shape index (κ3) is 5.79. The van der Waals surface area contributed by atoms with Crippen LogP contribution in [0.5, 0.6) is 6.01 Å². The van der Waals surface area contributed by atoms with Gasteiger partial charge < -0.3 is 10.1 Å². The fraction of sp³-hybridized carbons (Fsp3) is 0.333. The largest absolute Gasteiger partial charge is 0.467 e. The van der Waals surface area contributed by atoms with Crippen molar-refractivity contribution in [1.82, 2.24) is 20.3 Å². The molecule has 1 N–H and O–H groups in total. The zero-order chi connectivity index (χ0) is 22.3. The second kappa shape index (κ2) is 10.4. The van der Waals surface area contributed by atoms with Crippen LogP contribution in [-0.2, 0) is 4.79 Å². The van der Waals surface area contributed by atoms with Crippen LogP contribution in [-0.4, -0.2) is 35.0 Å². The number of halogens is 1. The molecule has 0 aromatic carbocycles. The number of allylic oxidation sites excluding steroid dienone is 11. The highest BCUT2D eigenvalue weighted by Gasteiger charge is 2.40. The van der Waals surface area contributed by atoms with Crippen LogP contribution in [0, 0.1) is 5.41 Å². The van der Waals surface area contributed by atoms with Gasteiger partial charge in [-0.2, -0.15) is 9.97 Å². The van der Waals surface area contributed by atoms with Crippen molar-refractivity contribution in [2.75, 3.05) is 13.7 Å². The number of hydrogen-bond acceptors (Lipinski definition) is 5. The molecule has 7 heteroatoms. The molecule has 0 saturated heterocycles. The van der Waals surface area contributed by atoms with Crippen molar-refractivity contribution in [1.29, 1.82) is 0 Å². The van der Waals surface area contributed by atoms with Gasteiger partial charge >= 0.3 is 6.01 Å². The van der Waals surface area contributed by atoms with Gasteiger partial charge in [0.2, 0.25) is 6.41 Å². The average molecular weight is 439 g/mol. The van der Waals surface area contributed by atoms with Crippen LogP contribution >= 0.6 is 11.6 Å². The van der Waals surface area contributed by atoms with Crippen molar-refractivity contribution in [3.8, 4) is 6.01 Å². The lowest BCUT2D eigenvalue weighted by atomic mass is 9.93. The van der Waals surface area contributed by atoms with E-state index in [-0.39, 0.29) is 11.4 Å². The summed E-state index contributed by atoms with van der Waals surface area (Å²) in [7, 11) is 1.53. The van der Waals surface area contributed by atoms with Gasteiger partial charge in [0.1, 0.15) is 0 Å². The molecule has 31 heavy (non-hydrogen) atoms. The minimum Gasteiger partial charge on any atom is -0.467 e. The summed E-state index contributed by atoms with van der Waals surface area (Å²) in [6.45, 7) is 4.60. The van der Waals surface area contributed by atoms with Crippen LogP contribution in [0.2, 0.25) is 0 Å². The van der Waals surface area contributed by atoms with E-state index in [4.69, 9.17) is 21.3 Å². The third-order valence-electron chi connectivity index (χ3n) is 5.39. The predicted molar refractivity (Wildman–Crippen MR) is 124 cm³/mol. The summed E-state index contributed by atoms with van der Waals surface area (Å²) < 4.78 is 5.35. The van der Waals surface area contributed by atoms with Crippen LogP contribution in [0.25, 0.3) is 11.1 Å². The molecule has 1 heterocycles. The van der Waals surface area contributed by atoms with Crippen molar-refractivity contribution < 1.29 is 9.53 Å². The number of ether oxygens (including phenoxy) is 1. The van der Waals surface area contributed by atoms with Crippen LogP contribution in [0.4, 0.5) is 0 Å². The Bertz CT molecular complexity index is 1010. The number of rotatable bonds is 9. The molecular formula is C24H27ClN4O2. The lowest BCUT2D eigenvalue weighted by molar-refractivity contribution is -0.109. The number of nitrogens with one attached hydrogen (secondary N) is 1. The molecule has 0 bridgehead atoms. The Morgan fingerprint density at radius 1 is 1.32 bits per heavy atom. The number of aromatic nitrogens is 3. The quantitative estimate of drug-likeness (QED) is 0.341. The van der Waals surface area contributed by atoms with E-state index in [0.29, 0.717) is 35.2 Å². The zero-order valence-corrected chi connectivity index (χ0v) is 18.8. The van der Waals surface area contributed by atoms with E-state index in [1.807, 2.05) is 25.2 Å². The summed E-state index contributed by atoms with van der Waals surface area (Å²) >= 11 is 6.52. The van der Waals surface area contributed by atoms with Crippen molar-refractivity contribution in [3.63, 3.8) is 0 Å². The van der Waals surface area contributed by atoms with E-state index in [9.17, 15) is 4.79 Å². The molecule has 0 aliphatic heterocycles. The van der Waals surface area contributed by atoms with Gasteiger partial charge in [0.25, 0.3) is 0 Å². The highest BCUT2D eigenvalue weighted by atomic mass is 35.5. The van der Waals surface area contributed by atoms with Gasteiger partial charge in [0.05, 0.1) is 12.1 Å². The Balaban J connectivity index is 1.95. The third-order valence-corrected chi connectivity index (χ3v) is 5.72. The number of carbonyl (C=O) groups excluding carboxylic acids is 1. The van der Waals surface area contributed by atoms with E-state index in [0.717, 1.165) is 12.0 Å². The highest BCUT2D eigenvalue weighted by Crippen LogP contribution is 2.53. The van der Waals surface area contributed by atoms with Gasteiger partial charge in [-0.1, -0.05) is 66.6 Å². The molecule has 2 aliphatic rings. The van der Waals surface area contributed by atoms with E-state index in [1.54, 1.807) is 18.2 Å². The maximum Gasteiger partial charge on any atom is 0.320 e. The Morgan fingerprint density at radius 3 is 2.81 bits per heavy atom. The van der Waals surface area contributed by atoms with Crippen molar-refractivity contribution in [2.45, 2.75) is 33.1 Å². The number of amides is 1. The Hall–Kier alpha value is -2.99. The first-order valence-electron chi connectivity index (χ1n) is 10.3. The topological polar surface area (TPSA) is 77.0 Å². The molecule has 6 nitrogen and oxygen atoms in total. The smallest absolute Gasteiger partial charge is 0.320 e. The molecule has 1 aromatic heterocycles. The average Bonchev–Trinajstić information content (AvgIpc) is 3.56. The van der Waals surface area contributed by atoms with Crippen LogP contribution in [0.3, 0.4) is 0 Å². The zero-order valence-electron chi connectivity index (χ0n) is 18.1. The molecule has 3 rings (SSSR count). The molecular weight excluding hydrogens is 412 g/mol. The monoisotopic (exact) mass is 438 g/mol. The molecule has 0 unspecified atom stereocenters. The van der Waals surface area contributed by atoms with Gasteiger partial charge in [-0.15, -0.1) is 0 Å². The maximum atomic E-state index is 10.3. The van der Waals surface area contributed by atoms with Crippen LogP contribution < -0.4 is 10.1 Å². The summed E-state index contributed by atoms with van der Waals surface area (Å²) in [4.78, 5) is 23.9. The minimum atomic E-state index is 0.233. The predicted octanol–water partition coefficient (Wildman–Crippen LogP) is 4.78. The molecule has 1 aromatic rings. The normalized spacial score (nSPS) is 18.3. The summed E-state index contributed by atoms with van der Waals surface area (Å²) in [5, 5.41) is 3.03. The summed E-state index contributed by atoms with van der Waals surface area (Å²) in [6, 6.07) is 0.233. The Labute approximate surface area is 188 Å². The number of nitrogens with zero attached hydrogens (tertiary/aromatic N) is 3. The molecule has 2 aliphatic carbocycles. The number of hydrogen-bond donors (Lipinski definition) is 1. The van der Waals surface area contributed by atoms with Gasteiger partial charge in [-0.3, -0.25) is 4.79 Å². The van der Waals surface area contributed by atoms with Gasteiger partial charge in [-0.05, 0) is 37.7 Å². The summed E-state index contributed by atoms with van der Waals surface area (Å²) in [5.41, 5.74) is 3.26.